The van der Waals surface area contributed by atoms with Crippen LogP contribution in [-0.2, 0) is 9.53 Å². The van der Waals surface area contributed by atoms with Crippen LogP contribution >= 0.6 is 0 Å². The molecule has 0 aliphatic heterocycles. The molecular weight excluding hydrogens is 168 g/mol. The van der Waals surface area contributed by atoms with Crippen LogP contribution in [0.3, 0.4) is 0 Å². The van der Waals surface area contributed by atoms with Crippen molar-refractivity contribution < 1.29 is 9.53 Å². The Morgan fingerprint density at radius 3 is 1.85 bits per heavy atom. The van der Waals surface area contributed by atoms with Gasteiger partial charge in [0.2, 0.25) is 0 Å². The molecule has 0 aromatic rings. The first-order chi connectivity index (χ1) is 5.83. The molecule has 0 saturated heterocycles. The summed E-state index contributed by atoms with van der Waals surface area (Å²) in [5.74, 6) is 5.28. The number of nitrogens with zero attached hydrogens (tertiary/aromatic N) is 1. The summed E-state index contributed by atoms with van der Waals surface area (Å²) >= 11 is 0. The Balaban J connectivity index is 0. The van der Waals surface area contributed by atoms with E-state index in [4.69, 9.17) is 5.84 Å². The van der Waals surface area contributed by atoms with E-state index in [2.05, 4.69) is 9.84 Å². The zero-order chi connectivity index (χ0) is 10.9. The van der Waals surface area contributed by atoms with Gasteiger partial charge >= 0.3 is 0 Å². The van der Waals surface area contributed by atoms with E-state index >= 15 is 0 Å². The summed E-state index contributed by atoms with van der Waals surface area (Å²) in [4.78, 5) is 9.60. The van der Waals surface area contributed by atoms with E-state index in [0.29, 0.717) is 12.4 Å². The lowest BCUT2D eigenvalue weighted by molar-refractivity contribution is -0.138. The Kier molecular flexibility index (Phi) is 8.44. The van der Waals surface area contributed by atoms with Gasteiger partial charge < -0.3 is 10.6 Å². The fraction of sp³-hybridized carbons (Fsp3) is 0.778. The maximum atomic E-state index is 9.60. The number of hydrazone groups is 1. The van der Waals surface area contributed by atoms with Crippen molar-refractivity contribution in [1.82, 2.24) is 0 Å². The standard InChI is InChI=1S/C5H10O2.C4H10N2/c1-5(2,3)7-4-6;1-4(2)3-6-5/h4H,1-3H3;3-4H,5H2,1-2H3. The molecule has 13 heavy (non-hydrogen) atoms. The van der Waals surface area contributed by atoms with Crippen LogP contribution in [0.4, 0.5) is 0 Å². The SMILES string of the molecule is CC(C)(C)OC=O.CC(C)C=NN. The van der Waals surface area contributed by atoms with Crippen molar-refractivity contribution >= 4 is 12.7 Å². The van der Waals surface area contributed by atoms with Crippen LogP contribution in [0.5, 0.6) is 0 Å². The van der Waals surface area contributed by atoms with Crippen molar-refractivity contribution in [2.75, 3.05) is 0 Å². The Morgan fingerprint density at radius 2 is 1.85 bits per heavy atom. The average molecular weight is 188 g/mol. The molecule has 4 heteroatoms. The van der Waals surface area contributed by atoms with Gasteiger partial charge in [0.15, 0.2) is 0 Å². The maximum Gasteiger partial charge on any atom is 0.293 e. The Morgan fingerprint density at radius 1 is 1.38 bits per heavy atom. The van der Waals surface area contributed by atoms with E-state index < -0.39 is 0 Å². The molecule has 78 valence electrons. The molecule has 0 bridgehead atoms. The highest BCUT2D eigenvalue weighted by molar-refractivity contribution is 5.58. The number of nitrogens with two attached hydrogens (primary N) is 1. The molecule has 0 fully saturated rings. The molecule has 0 spiro atoms. The number of ether oxygens (including phenoxy) is 1. The number of carbonyl (C=O) groups excluding carboxylic acids is 1. The molecule has 0 aromatic heterocycles. The summed E-state index contributed by atoms with van der Waals surface area (Å²) in [6.45, 7) is 9.97. The van der Waals surface area contributed by atoms with Crippen molar-refractivity contribution in [3.8, 4) is 0 Å². The summed E-state index contributed by atoms with van der Waals surface area (Å²) in [7, 11) is 0. The van der Waals surface area contributed by atoms with E-state index in [0.717, 1.165) is 0 Å². The molecule has 0 aliphatic carbocycles. The first kappa shape index (κ1) is 14.5. The second kappa shape index (κ2) is 7.58. The monoisotopic (exact) mass is 188 g/mol. The lowest BCUT2D eigenvalue weighted by Crippen LogP contribution is -2.17. The van der Waals surface area contributed by atoms with Gasteiger partial charge in [0.05, 0.1) is 0 Å². The zero-order valence-electron chi connectivity index (χ0n) is 9.07. The van der Waals surface area contributed by atoms with Crippen LogP contribution < -0.4 is 5.84 Å². The third-order valence-corrected chi connectivity index (χ3v) is 0.786. The highest BCUT2D eigenvalue weighted by atomic mass is 16.5. The predicted octanol–water partition coefficient (Wildman–Crippen LogP) is 1.54. The molecular formula is C9H20N2O2. The molecule has 0 atom stereocenters. The van der Waals surface area contributed by atoms with Crippen LogP contribution in [0.15, 0.2) is 5.10 Å². The second-order valence-electron chi connectivity index (χ2n) is 3.87. The molecule has 0 heterocycles. The molecule has 2 N–H and O–H groups in total. The first-order valence-electron chi connectivity index (χ1n) is 4.18. The highest BCUT2D eigenvalue weighted by Gasteiger charge is 2.07. The van der Waals surface area contributed by atoms with Gasteiger partial charge in [-0.25, -0.2) is 0 Å². The summed E-state index contributed by atoms with van der Waals surface area (Å²) in [6, 6.07) is 0. The highest BCUT2D eigenvalue weighted by Crippen LogP contribution is 2.02. The number of carbonyl (C=O) groups is 1. The van der Waals surface area contributed by atoms with E-state index in [1.165, 1.54) is 0 Å². The van der Waals surface area contributed by atoms with Crippen LogP contribution in [0.1, 0.15) is 34.6 Å². The third kappa shape index (κ3) is 24.8. The molecule has 0 amide bonds. The van der Waals surface area contributed by atoms with E-state index in [1.54, 1.807) is 6.21 Å². The molecule has 4 nitrogen and oxygen atoms in total. The average Bonchev–Trinajstić information content (AvgIpc) is 1.84. The van der Waals surface area contributed by atoms with Gasteiger partial charge in [-0.05, 0) is 26.7 Å². The normalized spacial score (nSPS) is 10.9. The molecule has 0 aliphatic rings. The van der Waals surface area contributed by atoms with Crippen LogP contribution in [0.25, 0.3) is 0 Å². The lowest BCUT2D eigenvalue weighted by Gasteiger charge is -2.14. The lowest BCUT2D eigenvalue weighted by atomic mass is 10.2. The van der Waals surface area contributed by atoms with Crippen molar-refractivity contribution in [1.29, 1.82) is 0 Å². The summed E-state index contributed by atoms with van der Waals surface area (Å²) < 4.78 is 4.55. The fourth-order valence-corrected chi connectivity index (χ4v) is 0.316. The van der Waals surface area contributed by atoms with E-state index in [9.17, 15) is 4.79 Å². The Bertz CT molecular complexity index is 148. The minimum Gasteiger partial charge on any atom is -0.462 e. The van der Waals surface area contributed by atoms with Crippen molar-refractivity contribution in [2.24, 2.45) is 16.9 Å². The van der Waals surface area contributed by atoms with Gasteiger partial charge in [-0.3, -0.25) is 4.79 Å². The summed E-state index contributed by atoms with van der Waals surface area (Å²) in [5.41, 5.74) is -0.318. The third-order valence-electron chi connectivity index (χ3n) is 0.786. The topological polar surface area (TPSA) is 64.7 Å². The zero-order valence-corrected chi connectivity index (χ0v) is 9.07. The molecule has 0 saturated carbocycles. The van der Waals surface area contributed by atoms with Gasteiger partial charge in [-0.2, -0.15) is 5.10 Å². The van der Waals surface area contributed by atoms with Crippen LogP contribution in [-0.4, -0.2) is 18.3 Å². The van der Waals surface area contributed by atoms with Gasteiger partial charge in [-0.1, -0.05) is 13.8 Å². The number of hydrogen-bond donors (Lipinski definition) is 1. The largest absolute Gasteiger partial charge is 0.462 e. The van der Waals surface area contributed by atoms with Crippen LogP contribution in [0, 0.1) is 5.92 Å². The minimum absolute atomic E-state index is 0.318. The van der Waals surface area contributed by atoms with Gasteiger partial charge in [0.25, 0.3) is 6.47 Å². The molecule has 0 rings (SSSR count). The summed E-state index contributed by atoms with van der Waals surface area (Å²) in [6.07, 6.45) is 1.69. The second-order valence-corrected chi connectivity index (χ2v) is 3.87. The van der Waals surface area contributed by atoms with Gasteiger partial charge in [0.1, 0.15) is 5.60 Å². The number of hydrogen-bond acceptors (Lipinski definition) is 4. The van der Waals surface area contributed by atoms with Crippen molar-refractivity contribution in [3.05, 3.63) is 0 Å². The van der Waals surface area contributed by atoms with Crippen molar-refractivity contribution in [3.63, 3.8) is 0 Å². The van der Waals surface area contributed by atoms with Crippen molar-refractivity contribution in [2.45, 2.75) is 40.2 Å². The Labute approximate surface area is 80.1 Å². The van der Waals surface area contributed by atoms with Gasteiger partial charge in [0, 0.05) is 6.21 Å². The van der Waals surface area contributed by atoms with Gasteiger partial charge in [-0.15, -0.1) is 0 Å². The van der Waals surface area contributed by atoms with E-state index in [-0.39, 0.29) is 5.60 Å². The first-order valence-corrected chi connectivity index (χ1v) is 4.18. The molecule has 0 unspecified atom stereocenters. The quantitative estimate of drug-likeness (QED) is 0.309. The number of rotatable bonds is 2. The predicted molar refractivity (Wildman–Crippen MR) is 54.4 cm³/mol. The van der Waals surface area contributed by atoms with E-state index in [1.807, 2.05) is 34.6 Å². The molecule has 0 aromatic carbocycles. The minimum atomic E-state index is -0.318. The Hall–Kier alpha value is -1.06. The summed E-state index contributed by atoms with van der Waals surface area (Å²) in [5, 5.41) is 3.31. The smallest absolute Gasteiger partial charge is 0.293 e. The molecule has 0 radical (unpaired) electrons. The fourth-order valence-electron chi connectivity index (χ4n) is 0.316. The maximum absolute atomic E-state index is 9.60. The van der Waals surface area contributed by atoms with Crippen LogP contribution in [0.2, 0.25) is 0 Å².